The molecule has 1 N–H and O–H groups in total. The molecule has 152 valence electrons. The summed E-state index contributed by atoms with van der Waals surface area (Å²) in [5.41, 5.74) is 0.496. The number of aryl methyl sites for hydroxylation is 1. The third-order valence-corrected chi connectivity index (χ3v) is 4.92. The van der Waals surface area contributed by atoms with Gasteiger partial charge in [0.25, 0.3) is 5.56 Å². The Bertz CT molecular complexity index is 1560. The molecule has 1 aliphatic heterocycles. The molecule has 0 aliphatic carbocycles. The van der Waals surface area contributed by atoms with Crippen molar-refractivity contribution >= 4 is 10.9 Å². The standard InChI is InChI=1S/C23H21FN4O2/c1-27-21-6-8-25-13-20(21)19-5-4-17(10-22(19)27)28-9-7-18(11-23(28)29)30-14-16-3-2-15(24)12-26-16/h2-5,7,9-12,25H,6,8,13-14H2,1H3/i1D3,13D2,14D2. The predicted octanol–water partition coefficient (Wildman–Crippen LogP) is 3.09. The van der Waals surface area contributed by atoms with Gasteiger partial charge in [0.2, 0.25) is 0 Å². The van der Waals surface area contributed by atoms with Crippen molar-refractivity contribution in [3.8, 4) is 11.4 Å². The van der Waals surface area contributed by atoms with Gasteiger partial charge in [-0.25, -0.2) is 4.39 Å². The van der Waals surface area contributed by atoms with Crippen LogP contribution in [0.3, 0.4) is 0 Å². The summed E-state index contributed by atoms with van der Waals surface area (Å²) in [5.74, 6) is -0.712. The van der Waals surface area contributed by atoms with Crippen molar-refractivity contribution in [3.05, 3.63) is 88.0 Å². The molecule has 0 atom stereocenters. The Balaban J connectivity index is 1.55. The molecule has 30 heavy (non-hydrogen) atoms. The van der Waals surface area contributed by atoms with E-state index < -0.39 is 31.4 Å². The van der Waals surface area contributed by atoms with Gasteiger partial charge in [-0.2, -0.15) is 0 Å². The van der Waals surface area contributed by atoms with Gasteiger partial charge in [-0.1, -0.05) is 6.07 Å². The number of hydrogen-bond acceptors (Lipinski definition) is 4. The molecule has 4 aromatic rings. The van der Waals surface area contributed by atoms with Gasteiger partial charge in [-0.05, 0) is 35.9 Å². The number of fused-ring (bicyclic) bond motifs is 3. The van der Waals surface area contributed by atoms with Gasteiger partial charge < -0.3 is 14.6 Å². The molecule has 1 aliphatic rings. The van der Waals surface area contributed by atoms with Crippen molar-refractivity contribution in [1.29, 1.82) is 0 Å². The maximum Gasteiger partial charge on any atom is 0.258 e. The van der Waals surface area contributed by atoms with Crippen molar-refractivity contribution in [2.75, 3.05) is 6.54 Å². The smallest absolute Gasteiger partial charge is 0.258 e. The number of ether oxygens (including phenoxy) is 1. The van der Waals surface area contributed by atoms with Crippen molar-refractivity contribution in [2.45, 2.75) is 19.5 Å². The van der Waals surface area contributed by atoms with Gasteiger partial charge in [0.15, 0.2) is 0 Å². The summed E-state index contributed by atoms with van der Waals surface area (Å²) in [6, 6.07) is 9.31. The minimum absolute atomic E-state index is 0.0842. The molecule has 0 saturated carbocycles. The number of halogens is 1. The van der Waals surface area contributed by atoms with Crippen LogP contribution in [-0.4, -0.2) is 20.7 Å². The van der Waals surface area contributed by atoms with Crippen molar-refractivity contribution in [1.82, 2.24) is 19.4 Å². The van der Waals surface area contributed by atoms with Crippen molar-refractivity contribution in [3.63, 3.8) is 0 Å². The van der Waals surface area contributed by atoms with Crippen LogP contribution in [0.25, 0.3) is 16.6 Å². The topological polar surface area (TPSA) is 61.1 Å². The van der Waals surface area contributed by atoms with Crippen molar-refractivity contribution < 1.29 is 18.7 Å². The zero-order chi connectivity index (χ0) is 26.8. The summed E-state index contributed by atoms with van der Waals surface area (Å²) in [5, 5.41) is 3.21. The maximum absolute atomic E-state index is 13.1. The summed E-state index contributed by atoms with van der Waals surface area (Å²) in [7, 11) is 0. The van der Waals surface area contributed by atoms with E-state index in [4.69, 9.17) is 14.3 Å². The number of benzene rings is 1. The molecule has 0 unspecified atom stereocenters. The van der Waals surface area contributed by atoms with E-state index in [1.165, 1.54) is 22.9 Å². The number of rotatable bonds is 4. The fourth-order valence-electron chi connectivity index (χ4n) is 3.47. The maximum atomic E-state index is 13.1. The van der Waals surface area contributed by atoms with E-state index >= 15 is 0 Å². The first-order valence-corrected chi connectivity index (χ1v) is 9.25. The van der Waals surface area contributed by atoms with Crippen LogP contribution in [0.4, 0.5) is 4.39 Å². The quantitative estimate of drug-likeness (QED) is 0.561. The van der Waals surface area contributed by atoms with Crippen molar-refractivity contribution in [2.24, 2.45) is 6.98 Å². The Morgan fingerprint density at radius 1 is 1.33 bits per heavy atom. The molecule has 0 saturated heterocycles. The van der Waals surface area contributed by atoms with Gasteiger partial charge >= 0.3 is 0 Å². The van der Waals surface area contributed by atoms with Gasteiger partial charge in [0.1, 0.15) is 18.1 Å². The highest BCUT2D eigenvalue weighted by molar-refractivity contribution is 5.87. The Kier molecular flexibility index (Phi) is 3.04. The van der Waals surface area contributed by atoms with Gasteiger partial charge in [0, 0.05) is 56.6 Å². The number of nitrogens with one attached hydrogen (secondary N) is 1. The highest BCUT2D eigenvalue weighted by Crippen LogP contribution is 2.29. The highest BCUT2D eigenvalue weighted by Gasteiger charge is 2.18. The first-order chi connectivity index (χ1) is 17.3. The highest BCUT2D eigenvalue weighted by atomic mass is 19.1. The molecule has 0 fully saturated rings. The zero-order valence-corrected chi connectivity index (χ0v) is 15.6. The normalized spacial score (nSPS) is 19.4. The lowest BCUT2D eigenvalue weighted by Gasteiger charge is -2.14. The summed E-state index contributed by atoms with van der Waals surface area (Å²) >= 11 is 0. The molecule has 0 bridgehead atoms. The third kappa shape index (κ3) is 3.27. The number of pyridine rings is 2. The van der Waals surface area contributed by atoms with E-state index in [9.17, 15) is 9.18 Å². The summed E-state index contributed by atoms with van der Waals surface area (Å²) in [6.45, 7) is -6.64. The monoisotopic (exact) mass is 411 g/mol. The van der Waals surface area contributed by atoms with Crippen LogP contribution in [-0.2, 0) is 26.5 Å². The molecule has 1 aromatic carbocycles. The molecular weight excluding hydrogens is 383 g/mol. The molecule has 0 amide bonds. The largest absolute Gasteiger partial charge is 0.487 e. The molecule has 6 nitrogen and oxygen atoms in total. The van der Waals surface area contributed by atoms with Crippen LogP contribution in [0.15, 0.2) is 59.7 Å². The second-order valence-electron chi connectivity index (χ2n) is 6.80. The first kappa shape index (κ1) is 12.3. The average molecular weight is 411 g/mol. The lowest BCUT2D eigenvalue weighted by Crippen LogP contribution is -2.24. The molecular formula is C23H21FN4O2. The minimum atomic E-state index is -2.57. The van der Waals surface area contributed by atoms with E-state index in [1.54, 1.807) is 12.1 Å². The minimum Gasteiger partial charge on any atom is -0.487 e. The predicted molar refractivity (Wildman–Crippen MR) is 112 cm³/mol. The van der Waals surface area contributed by atoms with Crippen LogP contribution in [0.5, 0.6) is 5.75 Å². The fraction of sp³-hybridized carbons (Fsp3) is 0.217. The van der Waals surface area contributed by atoms with Crippen LogP contribution in [0.1, 0.15) is 26.5 Å². The SMILES string of the molecule is [2H]C1([2H])NCCc2c1c1ccc(-n3ccc(OC([2H])([2H])c4ccc(F)cn4)cc3=O)cc1n2C([2H])([2H])[2H]. The van der Waals surface area contributed by atoms with Gasteiger partial charge in [0.05, 0.1) is 25.8 Å². The summed E-state index contributed by atoms with van der Waals surface area (Å²) in [4.78, 5) is 16.6. The Labute approximate surface area is 182 Å². The Morgan fingerprint density at radius 3 is 3.07 bits per heavy atom. The average Bonchev–Trinajstić information content (AvgIpc) is 3.14. The van der Waals surface area contributed by atoms with Crippen LogP contribution >= 0.6 is 0 Å². The molecule has 0 radical (unpaired) electrons. The summed E-state index contributed by atoms with van der Waals surface area (Å²) in [6.07, 6.45) is 2.55. The molecule has 3 aromatic heterocycles. The lowest BCUT2D eigenvalue weighted by molar-refractivity contribution is 0.300. The lowest BCUT2D eigenvalue weighted by atomic mass is 10.1. The fourth-order valence-corrected chi connectivity index (χ4v) is 3.47. The van der Waals surface area contributed by atoms with E-state index in [0.29, 0.717) is 23.2 Å². The second-order valence-corrected chi connectivity index (χ2v) is 6.80. The molecule has 4 heterocycles. The molecule has 7 heteroatoms. The Morgan fingerprint density at radius 2 is 2.27 bits per heavy atom. The van der Waals surface area contributed by atoms with Gasteiger partial charge in [-0.15, -0.1) is 0 Å². The van der Waals surface area contributed by atoms with Gasteiger partial charge in [-0.3, -0.25) is 14.3 Å². The number of hydrogen-bond donors (Lipinski definition) is 1. The van der Waals surface area contributed by atoms with Crippen LogP contribution in [0.2, 0.25) is 0 Å². The van der Waals surface area contributed by atoms with E-state index in [0.717, 1.165) is 29.0 Å². The number of nitrogens with zero attached hydrogens (tertiary/aromatic N) is 3. The molecule has 5 rings (SSSR count). The van der Waals surface area contributed by atoms with Crippen LogP contribution in [0, 0.1) is 5.82 Å². The van der Waals surface area contributed by atoms with E-state index in [1.807, 2.05) is 0 Å². The first-order valence-electron chi connectivity index (χ1n) is 12.8. The number of aromatic nitrogens is 3. The summed E-state index contributed by atoms with van der Waals surface area (Å²) < 4.78 is 77.9. The molecule has 0 spiro atoms. The zero-order valence-electron chi connectivity index (χ0n) is 22.6. The third-order valence-electron chi connectivity index (χ3n) is 4.92. The van der Waals surface area contributed by atoms with E-state index in [-0.39, 0.29) is 29.1 Å². The van der Waals surface area contributed by atoms with Crippen LogP contribution < -0.4 is 15.6 Å². The Hall–Kier alpha value is -3.45. The second kappa shape index (κ2) is 7.42. The van der Waals surface area contributed by atoms with E-state index in [2.05, 4.69) is 10.3 Å².